The highest BCUT2D eigenvalue weighted by atomic mass is 35.5. The second-order valence-corrected chi connectivity index (χ2v) is 9.71. The number of hydrogen-bond acceptors (Lipinski definition) is 4. The van der Waals surface area contributed by atoms with Gasteiger partial charge in [-0.2, -0.15) is 0 Å². The Morgan fingerprint density at radius 3 is 2.77 bits per heavy atom. The number of pyridine rings is 1. The third-order valence-electron chi connectivity index (χ3n) is 5.64. The van der Waals surface area contributed by atoms with Gasteiger partial charge in [-0.3, -0.25) is 9.78 Å². The predicted octanol–water partition coefficient (Wildman–Crippen LogP) is 6.55. The number of hydrogen-bond donors (Lipinski definition) is 2. The molecule has 2 N–H and O–H groups in total. The van der Waals surface area contributed by atoms with E-state index in [9.17, 15) is 4.79 Å². The highest BCUT2D eigenvalue weighted by Crippen LogP contribution is 2.35. The standard InChI is InChI=1S/C25H28ClN3OS/c26-18-11-12-20-22(13-16-28-23(20)17-18)27-14-6-15-29-25(30)21-9-4-5-10-24(21)31-19-7-2-1-3-8-19/h4-5,9-13,16-17,19H,1-3,6-8,14-15H2,(H,27,28)(H,29,30). The number of aromatic nitrogens is 1. The molecule has 162 valence electrons. The maximum atomic E-state index is 12.8. The van der Waals surface area contributed by atoms with Crippen LogP contribution in [0.25, 0.3) is 10.9 Å². The molecule has 1 aliphatic rings. The van der Waals surface area contributed by atoms with E-state index in [0.29, 0.717) is 16.8 Å². The van der Waals surface area contributed by atoms with Gasteiger partial charge in [-0.05, 0) is 55.7 Å². The number of anilines is 1. The molecule has 1 aliphatic carbocycles. The molecule has 0 radical (unpaired) electrons. The molecular formula is C25H28ClN3OS. The maximum absolute atomic E-state index is 12.8. The minimum Gasteiger partial charge on any atom is -0.384 e. The molecule has 1 fully saturated rings. The molecule has 0 aliphatic heterocycles. The fraction of sp³-hybridized carbons (Fsp3) is 0.360. The molecule has 4 rings (SSSR count). The fourth-order valence-electron chi connectivity index (χ4n) is 4.00. The van der Waals surface area contributed by atoms with Crippen LogP contribution >= 0.6 is 23.4 Å². The molecule has 0 saturated heterocycles. The predicted molar refractivity (Wildman–Crippen MR) is 131 cm³/mol. The summed E-state index contributed by atoms with van der Waals surface area (Å²) in [4.78, 5) is 18.3. The van der Waals surface area contributed by atoms with Gasteiger partial charge in [0, 0.05) is 45.5 Å². The lowest BCUT2D eigenvalue weighted by Crippen LogP contribution is -2.26. The molecular weight excluding hydrogens is 426 g/mol. The van der Waals surface area contributed by atoms with Gasteiger partial charge in [0.25, 0.3) is 5.91 Å². The summed E-state index contributed by atoms with van der Waals surface area (Å²) in [7, 11) is 0. The van der Waals surface area contributed by atoms with Gasteiger partial charge in [-0.15, -0.1) is 11.8 Å². The lowest BCUT2D eigenvalue weighted by Gasteiger charge is -2.22. The van der Waals surface area contributed by atoms with Crippen LogP contribution in [0.1, 0.15) is 48.9 Å². The van der Waals surface area contributed by atoms with Crippen LogP contribution in [0.2, 0.25) is 5.02 Å². The largest absolute Gasteiger partial charge is 0.384 e. The van der Waals surface area contributed by atoms with E-state index < -0.39 is 0 Å². The Balaban J connectivity index is 1.27. The van der Waals surface area contributed by atoms with Crippen molar-refractivity contribution in [3.63, 3.8) is 0 Å². The molecule has 0 unspecified atom stereocenters. The van der Waals surface area contributed by atoms with Crippen molar-refractivity contribution in [3.8, 4) is 0 Å². The minimum atomic E-state index is 0.0166. The highest BCUT2D eigenvalue weighted by molar-refractivity contribution is 8.00. The molecule has 2 aromatic carbocycles. The van der Waals surface area contributed by atoms with Crippen LogP contribution < -0.4 is 10.6 Å². The first-order chi connectivity index (χ1) is 15.2. The summed E-state index contributed by atoms with van der Waals surface area (Å²) in [6.07, 6.45) is 9.07. The van der Waals surface area contributed by atoms with Gasteiger partial charge in [-0.1, -0.05) is 43.0 Å². The molecule has 0 bridgehead atoms. The second-order valence-electron chi connectivity index (χ2n) is 7.93. The summed E-state index contributed by atoms with van der Waals surface area (Å²) >= 11 is 7.93. The monoisotopic (exact) mass is 453 g/mol. The maximum Gasteiger partial charge on any atom is 0.252 e. The van der Waals surface area contributed by atoms with Crippen molar-refractivity contribution in [3.05, 3.63) is 65.3 Å². The van der Waals surface area contributed by atoms with Gasteiger partial charge in [0.2, 0.25) is 0 Å². The van der Waals surface area contributed by atoms with Gasteiger partial charge < -0.3 is 10.6 Å². The number of benzene rings is 2. The van der Waals surface area contributed by atoms with Gasteiger partial charge in [0.15, 0.2) is 0 Å². The Bertz CT molecular complexity index is 1040. The molecule has 6 heteroatoms. The van der Waals surface area contributed by atoms with E-state index in [1.165, 1.54) is 32.1 Å². The van der Waals surface area contributed by atoms with Gasteiger partial charge in [0.05, 0.1) is 11.1 Å². The van der Waals surface area contributed by atoms with Crippen molar-refractivity contribution in [1.29, 1.82) is 0 Å². The van der Waals surface area contributed by atoms with Crippen LogP contribution in [-0.4, -0.2) is 29.2 Å². The Morgan fingerprint density at radius 2 is 1.90 bits per heavy atom. The lowest BCUT2D eigenvalue weighted by atomic mass is 10.0. The molecule has 1 aromatic heterocycles. The van der Waals surface area contributed by atoms with Crippen molar-refractivity contribution in [2.24, 2.45) is 0 Å². The van der Waals surface area contributed by atoms with Crippen LogP contribution in [0.4, 0.5) is 5.69 Å². The lowest BCUT2D eigenvalue weighted by molar-refractivity contribution is 0.0950. The average molecular weight is 454 g/mol. The van der Waals surface area contributed by atoms with Gasteiger partial charge in [0.1, 0.15) is 0 Å². The van der Waals surface area contributed by atoms with Crippen LogP contribution in [0.5, 0.6) is 0 Å². The van der Waals surface area contributed by atoms with Crippen molar-refractivity contribution in [2.75, 3.05) is 18.4 Å². The summed E-state index contributed by atoms with van der Waals surface area (Å²) in [5, 5.41) is 8.90. The Kier molecular flexibility index (Phi) is 7.71. The number of amides is 1. The van der Waals surface area contributed by atoms with Crippen LogP contribution in [0, 0.1) is 0 Å². The number of nitrogens with one attached hydrogen (secondary N) is 2. The number of rotatable bonds is 8. The topological polar surface area (TPSA) is 54.0 Å². The van der Waals surface area contributed by atoms with E-state index >= 15 is 0 Å². The third kappa shape index (κ3) is 5.92. The zero-order chi connectivity index (χ0) is 21.5. The van der Waals surface area contributed by atoms with E-state index in [0.717, 1.165) is 40.0 Å². The quantitative estimate of drug-likeness (QED) is 0.380. The first-order valence-corrected chi connectivity index (χ1v) is 12.3. The molecule has 3 aromatic rings. The molecule has 0 spiro atoms. The second kappa shape index (κ2) is 10.9. The average Bonchev–Trinajstić information content (AvgIpc) is 2.79. The number of thioether (sulfide) groups is 1. The molecule has 4 nitrogen and oxygen atoms in total. The van der Waals surface area contributed by atoms with E-state index in [4.69, 9.17) is 11.6 Å². The summed E-state index contributed by atoms with van der Waals surface area (Å²) in [6.45, 7) is 1.39. The molecule has 1 heterocycles. The highest BCUT2D eigenvalue weighted by Gasteiger charge is 2.18. The summed E-state index contributed by atoms with van der Waals surface area (Å²) in [6, 6.07) is 15.7. The van der Waals surface area contributed by atoms with Crippen molar-refractivity contribution >= 4 is 45.9 Å². The number of nitrogens with zero attached hydrogens (tertiary/aromatic N) is 1. The molecule has 31 heavy (non-hydrogen) atoms. The number of carbonyl (C=O) groups excluding carboxylic acids is 1. The smallest absolute Gasteiger partial charge is 0.252 e. The summed E-state index contributed by atoms with van der Waals surface area (Å²) in [5.41, 5.74) is 2.70. The summed E-state index contributed by atoms with van der Waals surface area (Å²) in [5.74, 6) is 0.0166. The molecule has 0 atom stereocenters. The van der Waals surface area contributed by atoms with Crippen LogP contribution in [0.15, 0.2) is 59.6 Å². The minimum absolute atomic E-state index is 0.0166. The molecule has 1 amide bonds. The van der Waals surface area contributed by atoms with Gasteiger partial charge >= 0.3 is 0 Å². The van der Waals surface area contributed by atoms with E-state index in [-0.39, 0.29) is 5.91 Å². The van der Waals surface area contributed by atoms with E-state index in [1.807, 2.05) is 54.2 Å². The Hall–Kier alpha value is -2.24. The first-order valence-electron chi connectivity index (χ1n) is 11.0. The number of carbonyl (C=O) groups is 1. The van der Waals surface area contributed by atoms with E-state index in [1.54, 1.807) is 6.20 Å². The first kappa shape index (κ1) is 22.0. The zero-order valence-electron chi connectivity index (χ0n) is 17.6. The van der Waals surface area contributed by atoms with Crippen molar-refractivity contribution < 1.29 is 4.79 Å². The van der Waals surface area contributed by atoms with Crippen molar-refractivity contribution in [1.82, 2.24) is 10.3 Å². The zero-order valence-corrected chi connectivity index (χ0v) is 19.1. The normalized spacial score (nSPS) is 14.5. The Morgan fingerprint density at radius 1 is 1.06 bits per heavy atom. The van der Waals surface area contributed by atoms with Gasteiger partial charge in [-0.25, -0.2) is 0 Å². The SMILES string of the molecule is O=C(NCCCNc1ccnc2cc(Cl)ccc12)c1ccccc1SC1CCCCC1. The third-order valence-corrected chi connectivity index (χ3v) is 7.29. The molecule has 1 saturated carbocycles. The van der Waals surface area contributed by atoms with Crippen LogP contribution in [-0.2, 0) is 0 Å². The number of fused-ring (bicyclic) bond motifs is 1. The Labute approximate surface area is 193 Å². The fourth-order valence-corrected chi connectivity index (χ4v) is 5.54. The summed E-state index contributed by atoms with van der Waals surface area (Å²) < 4.78 is 0. The van der Waals surface area contributed by atoms with Crippen LogP contribution in [0.3, 0.4) is 0 Å². The van der Waals surface area contributed by atoms with Crippen molar-refractivity contribution in [2.45, 2.75) is 48.7 Å². The number of halogens is 1. The van der Waals surface area contributed by atoms with E-state index in [2.05, 4.69) is 21.7 Å².